The lowest BCUT2D eigenvalue weighted by Crippen LogP contribution is -2.20. The zero-order chi connectivity index (χ0) is 20.1. The molecule has 0 aliphatic carbocycles. The Morgan fingerprint density at radius 2 is 1.90 bits per heavy atom. The topological polar surface area (TPSA) is 84.4 Å². The third-order valence-corrected chi connectivity index (χ3v) is 5.23. The van der Waals surface area contributed by atoms with Gasteiger partial charge in [0.05, 0.1) is 25.2 Å². The summed E-state index contributed by atoms with van der Waals surface area (Å²) in [5, 5.41) is 4.08. The molecule has 9 heteroatoms. The molecule has 0 amide bonds. The maximum absolute atomic E-state index is 13.2. The molecule has 4 heterocycles. The molecular weight excluding hydrogens is 391 g/mol. The van der Waals surface area contributed by atoms with Crippen LogP contribution in [0.25, 0.3) is 23.0 Å². The van der Waals surface area contributed by atoms with Crippen molar-refractivity contribution in [3.63, 3.8) is 0 Å². The lowest BCUT2D eigenvalue weighted by atomic mass is 10.1. The average molecular weight is 406 g/mol. The summed E-state index contributed by atoms with van der Waals surface area (Å²) in [7, 11) is 0. The summed E-state index contributed by atoms with van der Waals surface area (Å²) < 4.78 is 37.4. The molecule has 8 nitrogen and oxygen atoms in total. The monoisotopic (exact) mass is 406 g/mol. The fourth-order valence-electron chi connectivity index (χ4n) is 3.66. The van der Waals surface area contributed by atoms with Crippen LogP contribution in [0.15, 0.2) is 53.3 Å². The highest BCUT2D eigenvalue weighted by atomic mass is 19.1. The average Bonchev–Trinajstić information content (AvgIpc) is 3.51. The first-order valence-corrected chi connectivity index (χ1v) is 9.40. The number of ether oxygens (including phenoxy) is 3. The molecule has 2 aromatic heterocycles. The van der Waals surface area contributed by atoms with Gasteiger partial charge in [-0.15, -0.1) is 0 Å². The van der Waals surface area contributed by atoms with Gasteiger partial charge in [0.15, 0.2) is 17.2 Å². The maximum atomic E-state index is 13.2. The van der Waals surface area contributed by atoms with E-state index in [2.05, 4.69) is 15.1 Å². The summed E-state index contributed by atoms with van der Waals surface area (Å²) >= 11 is 0. The van der Waals surface area contributed by atoms with Crippen molar-refractivity contribution in [3.05, 3.63) is 65.9 Å². The minimum absolute atomic E-state index is 0.174. The number of rotatable bonds is 3. The van der Waals surface area contributed by atoms with Crippen LogP contribution < -0.4 is 9.47 Å². The Kier molecular flexibility index (Phi) is 3.81. The fourth-order valence-corrected chi connectivity index (χ4v) is 3.66. The molecule has 0 fully saturated rings. The number of benzene rings is 2. The number of imidazole rings is 1. The molecule has 0 spiro atoms. The van der Waals surface area contributed by atoms with E-state index in [0.717, 1.165) is 16.8 Å². The van der Waals surface area contributed by atoms with Crippen LogP contribution in [-0.2, 0) is 17.9 Å². The van der Waals surface area contributed by atoms with Crippen molar-refractivity contribution in [1.82, 2.24) is 19.7 Å². The van der Waals surface area contributed by atoms with Crippen molar-refractivity contribution in [2.75, 3.05) is 6.79 Å². The molecule has 30 heavy (non-hydrogen) atoms. The van der Waals surface area contributed by atoms with E-state index in [4.69, 9.17) is 18.7 Å². The van der Waals surface area contributed by atoms with Crippen molar-refractivity contribution in [2.45, 2.75) is 19.3 Å². The SMILES string of the molecule is Fc1ccc([C@H]2Cn3cnc(-c4nc(-c5ccc6c(c5)OCO6)no4)c3CO2)cc1. The lowest BCUT2D eigenvalue weighted by molar-refractivity contribution is 0.00326. The van der Waals surface area contributed by atoms with Gasteiger partial charge in [0.2, 0.25) is 12.6 Å². The van der Waals surface area contributed by atoms with Gasteiger partial charge in [-0.1, -0.05) is 17.3 Å². The highest BCUT2D eigenvalue weighted by Gasteiger charge is 2.27. The predicted molar refractivity (Wildman–Crippen MR) is 101 cm³/mol. The van der Waals surface area contributed by atoms with Crippen molar-refractivity contribution in [1.29, 1.82) is 0 Å². The molecule has 0 unspecified atom stereocenters. The lowest BCUT2D eigenvalue weighted by Gasteiger charge is -2.25. The van der Waals surface area contributed by atoms with Crippen LogP contribution in [0.4, 0.5) is 4.39 Å². The Morgan fingerprint density at radius 3 is 2.80 bits per heavy atom. The van der Waals surface area contributed by atoms with Gasteiger partial charge in [0, 0.05) is 5.56 Å². The Labute approximate surface area is 169 Å². The van der Waals surface area contributed by atoms with Crippen molar-refractivity contribution >= 4 is 0 Å². The van der Waals surface area contributed by atoms with Gasteiger partial charge in [-0.3, -0.25) is 0 Å². The first kappa shape index (κ1) is 17.2. The molecule has 0 bridgehead atoms. The summed E-state index contributed by atoms with van der Waals surface area (Å²) in [6.07, 6.45) is 1.56. The quantitative estimate of drug-likeness (QED) is 0.512. The van der Waals surface area contributed by atoms with Crippen molar-refractivity contribution in [3.8, 4) is 34.5 Å². The number of nitrogens with zero attached hydrogens (tertiary/aromatic N) is 4. The molecule has 150 valence electrons. The van der Waals surface area contributed by atoms with Gasteiger partial charge in [-0.25, -0.2) is 9.37 Å². The summed E-state index contributed by atoms with van der Waals surface area (Å²) in [4.78, 5) is 8.95. The minimum atomic E-state index is -0.269. The second-order valence-corrected chi connectivity index (χ2v) is 7.03. The fraction of sp³-hybridized carbons (Fsp3) is 0.190. The van der Waals surface area contributed by atoms with Crippen LogP contribution >= 0.6 is 0 Å². The van der Waals surface area contributed by atoms with E-state index in [0.29, 0.717) is 42.1 Å². The van der Waals surface area contributed by atoms with Crippen molar-refractivity contribution < 1.29 is 23.1 Å². The maximum Gasteiger partial charge on any atom is 0.278 e. The predicted octanol–water partition coefficient (Wildman–Crippen LogP) is 3.74. The van der Waals surface area contributed by atoms with Crippen LogP contribution in [0, 0.1) is 5.82 Å². The molecule has 0 saturated carbocycles. The van der Waals surface area contributed by atoms with Gasteiger partial charge in [0.25, 0.3) is 5.89 Å². The largest absolute Gasteiger partial charge is 0.454 e. The number of hydrogen-bond donors (Lipinski definition) is 0. The van der Waals surface area contributed by atoms with Crippen LogP contribution in [0.3, 0.4) is 0 Å². The van der Waals surface area contributed by atoms with E-state index in [-0.39, 0.29) is 18.7 Å². The highest BCUT2D eigenvalue weighted by molar-refractivity contribution is 5.63. The highest BCUT2D eigenvalue weighted by Crippen LogP contribution is 2.36. The van der Waals surface area contributed by atoms with E-state index in [1.807, 2.05) is 22.8 Å². The molecule has 6 rings (SSSR count). The van der Waals surface area contributed by atoms with Crippen LogP contribution in [-0.4, -0.2) is 26.5 Å². The number of halogens is 1. The first-order valence-electron chi connectivity index (χ1n) is 9.40. The summed E-state index contributed by atoms with van der Waals surface area (Å²) in [6, 6.07) is 11.8. The minimum Gasteiger partial charge on any atom is -0.454 e. The summed E-state index contributed by atoms with van der Waals surface area (Å²) in [6.45, 7) is 1.10. The third-order valence-electron chi connectivity index (χ3n) is 5.23. The third kappa shape index (κ3) is 2.82. The van der Waals surface area contributed by atoms with E-state index in [9.17, 15) is 4.39 Å². The van der Waals surface area contributed by atoms with Gasteiger partial charge in [-0.05, 0) is 35.9 Å². The zero-order valence-corrected chi connectivity index (χ0v) is 15.6. The second-order valence-electron chi connectivity index (χ2n) is 7.03. The zero-order valence-electron chi connectivity index (χ0n) is 15.6. The number of hydrogen-bond acceptors (Lipinski definition) is 7. The molecule has 0 saturated heterocycles. The molecule has 4 aromatic rings. The van der Waals surface area contributed by atoms with Crippen molar-refractivity contribution in [2.24, 2.45) is 0 Å². The first-order chi connectivity index (χ1) is 14.7. The normalized spacial score (nSPS) is 17.2. The number of fused-ring (bicyclic) bond motifs is 2. The van der Waals surface area contributed by atoms with E-state index >= 15 is 0 Å². The molecular formula is C21H15FN4O4. The molecule has 2 aromatic carbocycles. The molecule has 2 aliphatic heterocycles. The van der Waals surface area contributed by atoms with Gasteiger partial charge < -0.3 is 23.3 Å². The standard InChI is InChI=1S/C21H15FN4O4/c22-14-4-1-12(2-5-14)18-8-26-10-23-19(15(26)9-27-18)21-24-20(25-30-21)13-3-6-16-17(7-13)29-11-28-16/h1-7,10,18H,8-9,11H2/t18-/m1/s1. The Morgan fingerprint density at radius 1 is 1.03 bits per heavy atom. The van der Waals surface area contributed by atoms with Crippen LogP contribution in [0.1, 0.15) is 17.4 Å². The van der Waals surface area contributed by atoms with Crippen LogP contribution in [0.2, 0.25) is 0 Å². The molecule has 2 aliphatic rings. The number of aromatic nitrogens is 4. The van der Waals surface area contributed by atoms with E-state index < -0.39 is 0 Å². The Hall–Kier alpha value is -3.72. The summed E-state index contributed by atoms with van der Waals surface area (Å²) in [5.41, 5.74) is 3.12. The van der Waals surface area contributed by atoms with E-state index in [1.165, 1.54) is 12.1 Å². The molecule has 0 N–H and O–H groups in total. The Balaban J connectivity index is 1.27. The summed E-state index contributed by atoms with van der Waals surface area (Å²) in [5.74, 6) is 1.83. The van der Waals surface area contributed by atoms with Gasteiger partial charge in [-0.2, -0.15) is 4.98 Å². The van der Waals surface area contributed by atoms with E-state index in [1.54, 1.807) is 18.5 Å². The van der Waals surface area contributed by atoms with Gasteiger partial charge >= 0.3 is 0 Å². The second kappa shape index (κ2) is 6.67. The van der Waals surface area contributed by atoms with Gasteiger partial charge in [0.1, 0.15) is 11.9 Å². The molecule has 0 radical (unpaired) electrons. The Bertz CT molecular complexity index is 1230. The molecule has 1 atom stereocenters. The smallest absolute Gasteiger partial charge is 0.278 e. The van der Waals surface area contributed by atoms with Crippen LogP contribution in [0.5, 0.6) is 11.5 Å².